The third-order valence-corrected chi connectivity index (χ3v) is 8.95. The third-order valence-electron chi connectivity index (χ3n) is 8.95. The van der Waals surface area contributed by atoms with Gasteiger partial charge >= 0.3 is 18.3 Å². The van der Waals surface area contributed by atoms with E-state index in [1.54, 1.807) is 24.3 Å². The van der Waals surface area contributed by atoms with Crippen molar-refractivity contribution in [3.05, 3.63) is 58.7 Å². The first-order chi connectivity index (χ1) is 20.8. The molecule has 13 heteroatoms. The van der Waals surface area contributed by atoms with Crippen LogP contribution >= 0.6 is 0 Å². The Hall–Kier alpha value is -3.64. The van der Waals surface area contributed by atoms with Crippen molar-refractivity contribution in [1.82, 2.24) is 10.2 Å². The van der Waals surface area contributed by atoms with Crippen LogP contribution in [-0.2, 0) is 16.0 Å². The molecule has 1 aromatic rings. The highest BCUT2D eigenvalue weighted by molar-refractivity contribution is 6.46. The number of carbonyl (C=O) groups is 3. The van der Waals surface area contributed by atoms with E-state index in [2.05, 4.69) is 31.1 Å². The number of nitrogens with one attached hydrogen (secondary N) is 1. The summed E-state index contributed by atoms with van der Waals surface area (Å²) in [6, 6.07) is 6.46. The molecule has 1 aromatic carbocycles. The molecule has 45 heavy (non-hydrogen) atoms. The van der Waals surface area contributed by atoms with Crippen molar-refractivity contribution in [2.45, 2.75) is 83.7 Å². The number of carboxylic acids is 1. The first-order valence-corrected chi connectivity index (χ1v) is 14.9. The summed E-state index contributed by atoms with van der Waals surface area (Å²) in [5.41, 5.74) is -2.21. The van der Waals surface area contributed by atoms with Crippen molar-refractivity contribution in [2.24, 2.45) is 22.2 Å². The molecule has 0 bridgehead atoms. The number of rotatable bonds is 8. The molecule has 1 fully saturated rings. The predicted molar refractivity (Wildman–Crippen MR) is 154 cm³/mol. The van der Waals surface area contributed by atoms with Gasteiger partial charge in [0.05, 0.1) is 17.9 Å². The Morgan fingerprint density at radius 2 is 1.67 bits per heavy atom. The molecule has 1 saturated carbocycles. The average Bonchev–Trinajstić information content (AvgIpc) is 3.20. The quantitative estimate of drug-likeness (QED) is 0.311. The molecule has 2 N–H and O–H groups in total. The molecule has 3 aliphatic rings. The Morgan fingerprint density at radius 1 is 1.04 bits per heavy atom. The van der Waals surface area contributed by atoms with Crippen molar-refractivity contribution in [2.75, 3.05) is 13.1 Å². The number of amides is 2. The second-order valence-electron chi connectivity index (χ2n) is 13.0. The topological polar surface area (TPSA) is 99.1 Å². The summed E-state index contributed by atoms with van der Waals surface area (Å²) >= 11 is 0. The smallest absolute Gasteiger partial charge is 0.416 e. The van der Waals surface area contributed by atoms with Crippen molar-refractivity contribution >= 4 is 23.5 Å². The van der Waals surface area contributed by atoms with Crippen LogP contribution in [0.1, 0.15) is 75.2 Å². The van der Waals surface area contributed by atoms with E-state index < -0.39 is 53.7 Å². The van der Waals surface area contributed by atoms with Crippen molar-refractivity contribution in [1.29, 1.82) is 0 Å². The lowest BCUT2D eigenvalue weighted by Gasteiger charge is -2.45. The van der Waals surface area contributed by atoms with Gasteiger partial charge in [0.15, 0.2) is 0 Å². The predicted octanol–water partition coefficient (Wildman–Crippen LogP) is 6.65. The van der Waals surface area contributed by atoms with Crippen LogP contribution in [-0.4, -0.2) is 64.6 Å². The van der Waals surface area contributed by atoms with Crippen molar-refractivity contribution < 1.29 is 45.8 Å². The molecule has 1 heterocycles. The summed E-state index contributed by atoms with van der Waals surface area (Å²) in [7, 11) is 0. The molecule has 7 nitrogen and oxygen atoms in total. The standard InChI is InChI=1S/C32H37F6N3O4/c1-29(2,3)22-8-12-30(13-9-22)40-26(21-16-23(31(33,34)35)18-24(17-21)32(36,37)38)28(45)41(30)15-11-19-4-6-20(7-5-19)27(44)39-14-10-25(42)43/h4-7,16,18,22,24H,8-15,17H2,1-3H3,(H,39,44)(H,42,43). The van der Waals surface area contributed by atoms with E-state index in [0.29, 0.717) is 49.7 Å². The summed E-state index contributed by atoms with van der Waals surface area (Å²) in [6.07, 6.45) is -7.67. The van der Waals surface area contributed by atoms with Gasteiger partial charge in [-0.3, -0.25) is 19.4 Å². The van der Waals surface area contributed by atoms with Gasteiger partial charge in [-0.25, -0.2) is 0 Å². The Kier molecular flexibility index (Phi) is 9.61. The molecule has 2 amide bonds. The Balaban J connectivity index is 1.58. The van der Waals surface area contributed by atoms with E-state index in [0.717, 1.165) is 5.56 Å². The second kappa shape index (κ2) is 12.6. The summed E-state index contributed by atoms with van der Waals surface area (Å²) in [6.45, 7) is 6.40. The fourth-order valence-electron chi connectivity index (χ4n) is 6.29. The highest BCUT2D eigenvalue weighted by atomic mass is 19.4. The molecular weight excluding hydrogens is 604 g/mol. The third kappa shape index (κ3) is 7.96. The number of aliphatic carboxylic acids is 1. The number of carbonyl (C=O) groups excluding carboxylic acids is 2. The van der Waals surface area contributed by atoms with Crippen LogP contribution in [0.25, 0.3) is 0 Å². The van der Waals surface area contributed by atoms with Gasteiger partial charge in [0.2, 0.25) is 0 Å². The first-order valence-electron chi connectivity index (χ1n) is 14.9. The number of allylic oxidation sites excluding steroid dienone is 3. The largest absolute Gasteiger partial charge is 0.481 e. The minimum absolute atomic E-state index is 0.0263. The molecular formula is C32H37F6N3O4. The van der Waals surface area contributed by atoms with Gasteiger partial charge in [0.25, 0.3) is 11.8 Å². The van der Waals surface area contributed by atoms with E-state index in [1.807, 2.05) is 0 Å². The van der Waals surface area contributed by atoms with Gasteiger partial charge in [-0.2, -0.15) is 26.3 Å². The Bertz CT molecular complexity index is 1400. The maximum atomic E-state index is 13.9. The minimum atomic E-state index is -5.03. The van der Waals surface area contributed by atoms with Crippen LogP contribution in [0, 0.1) is 17.3 Å². The monoisotopic (exact) mass is 641 g/mol. The van der Waals surface area contributed by atoms with Crippen molar-refractivity contribution in [3.63, 3.8) is 0 Å². The zero-order valence-electron chi connectivity index (χ0n) is 25.3. The van der Waals surface area contributed by atoms with E-state index in [-0.39, 0.29) is 42.3 Å². The normalized spacial score (nSPS) is 24.3. The van der Waals surface area contributed by atoms with Crippen LogP contribution in [0.2, 0.25) is 0 Å². The van der Waals surface area contributed by atoms with Gasteiger partial charge < -0.3 is 15.3 Å². The number of hydrogen-bond acceptors (Lipinski definition) is 4. The highest BCUT2D eigenvalue weighted by Gasteiger charge is 2.52. The molecule has 2 aliphatic carbocycles. The fourth-order valence-corrected chi connectivity index (χ4v) is 6.29. The van der Waals surface area contributed by atoms with E-state index in [4.69, 9.17) is 5.11 Å². The average molecular weight is 642 g/mol. The second-order valence-corrected chi connectivity index (χ2v) is 13.0. The van der Waals surface area contributed by atoms with Crippen LogP contribution in [0.5, 0.6) is 0 Å². The zero-order valence-corrected chi connectivity index (χ0v) is 25.3. The lowest BCUT2D eigenvalue weighted by molar-refractivity contribution is -0.162. The number of aliphatic imine (C=N–C) groups is 1. The summed E-state index contributed by atoms with van der Waals surface area (Å²) < 4.78 is 82.1. The van der Waals surface area contributed by atoms with Gasteiger partial charge in [0.1, 0.15) is 11.4 Å². The van der Waals surface area contributed by atoms with Crippen LogP contribution in [0.15, 0.2) is 52.6 Å². The van der Waals surface area contributed by atoms with E-state index in [9.17, 15) is 40.7 Å². The molecule has 0 saturated heterocycles. The van der Waals surface area contributed by atoms with Crippen LogP contribution < -0.4 is 5.32 Å². The molecule has 4 rings (SSSR count). The lowest BCUT2D eigenvalue weighted by Crippen LogP contribution is -2.50. The van der Waals surface area contributed by atoms with Crippen molar-refractivity contribution in [3.8, 4) is 0 Å². The Labute approximate surface area is 257 Å². The van der Waals surface area contributed by atoms with Gasteiger partial charge in [-0.1, -0.05) is 39.0 Å². The summed E-state index contributed by atoms with van der Waals surface area (Å²) in [5.74, 6) is -4.27. The number of nitrogens with zero attached hydrogens (tertiary/aromatic N) is 2. The lowest BCUT2D eigenvalue weighted by atomic mass is 9.69. The zero-order chi connectivity index (χ0) is 33.4. The molecule has 0 radical (unpaired) electrons. The molecule has 1 unspecified atom stereocenters. The number of carboxylic acid groups (broad SMARTS) is 1. The maximum Gasteiger partial charge on any atom is 0.416 e. The fraction of sp³-hybridized carbons (Fsp3) is 0.562. The molecule has 1 atom stereocenters. The first kappa shape index (κ1) is 34.2. The van der Waals surface area contributed by atoms with E-state index in [1.165, 1.54) is 4.90 Å². The Morgan fingerprint density at radius 3 is 2.20 bits per heavy atom. The molecule has 246 valence electrons. The number of hydrogen-bond donors (Lipinski definition) is 2. The summed E-state index contributed by atoms with van der Waals surface area (Å²) in [4.78, 5) is 43.0. The maximum absolute atomic E-state index is 13.9. The molecule has 0 aromatic heterocycles. The van der Waals surface area contributed by atoms with Gasteiger partial charge in [-0.05, 0) is 79.2 Å². The van der Waals surface area contributed by atoms with Crippen LogP contribution in [0.4, 0.5) is 26.3 Å². The number of halogens is 6. The number of alkyl halides is 6. The SMILES string of the molecule is CC(C)(C)C1CCC2(CC1)N=C(C1=CC(C(F)(F)F)=CC(C(F)(F)F)C1)C(=O)N2CCc1ccc(C(=O)NCCC(=O)O)cc1. The minimum Gasteiger partial charge on any atom is -0.481 e. The van der Waals surface area contributed by atoms with Crippen LogP contribution in [0.3, 0.4) is 0 Å². The molecule has 1 aliphatic heterocycles. The van der Waals surface area contributed by atoms with Gasteiger partial charge in [0, 0.05) is 18.7 Å². The highest BCUT2D eigenvalue weighted by Crippen LogP contribution is 2.48. The van der Waals surface area contributed by atoms with E-state index >= 15 is 0 Å². The number of benzene rings is 1. The molecule has 1 spiro atoms. The summed E-state index contributed by atoms with van der Waals surface area (Å²) in [5, 5.41) is 11.2. The van der Waals surface area contributed by atoms with Gasteiger partial charge in [-0.15, -0.1) is 0 Å².